The molecule has 0 amide bonds. The van der Waals surface area contributed by atoms with Gasteiger partial charge in [-0.2, -0.15) is 4.98 Å². The molecule has 0 bridgehead atoms. The topological polar surface area (TPSA) is 75.3 Å². The molecule has 1 aliphatic heterocycles. The molecule has 1 saturated heterocycles. The van der Waals surface area contributed by atoms with Gasteiger partial charge in [0, 0.05) is 30.5 Å². The zero-order valence-corrected chi connectivity index (χ0v) is 11.6. The van der Waals surface area contributed by atoms with Crippen LogP contribution in [0.25, 0.3) is 11.4 Å². The number of pyridine rings is 1. The lowest BCUT2D eigenvalue weighted by molar-refractivity contribution is 0.150. The molecule has 106 valence electrons. The number of hydrogen-bond donors (Lipinski definition) is 1. The Morgan fingerprint density at radius 3 is 3.00 bits per heavy atom. The summed E-state index contributed by atoms with van der Waals surface area (Å²) < 4.78 is 5.39. The van der Waals surface area contributed by atoms with Gasteiger partial charge in [-0.25, -0.2) is 0 Å². The standard InChI is InChI=1S/C14H18N4O2/c1-9(2)18-8-11(19)6-12(18)14-16-13(17-20-14)10-4-3-5-15-7-10/h3-5,7,9,11-12,19H,6,8H2,1-2H3. The average Bonchev–Trinajstić information content (AvgIpc) is 3.06. The number of β-amino-alcohol motifs (C(OH)–C–C–N with tert-alkyl or cyclic N) is 1. The van der Waals surface area contributed by atoms with E-state index < -0.39 is 0 Å². The molecule has 1 N–H and O–H groups in total. The molecule has 3 rings (SSSR count). The van der Waals surface area contributed by atoms with E-state index in [4.69, 9.17) is 4.52 Å². The van der Waals surface area contributed by atoms with Gasteiger partial charge in [0.05, 0.1) is 12.1 Å². The van der Waals surface area contributed by atoms with Gasteiger partial charge >= 0.3 is 0 Å². The van der Waals surface area contributed by atoms with Crippen LogP contribution in [0, 0.1) is 0 Å². The molecule has 2 unspecified atom stereocenters. The molecule has 0 saturated carbocycles. The predicted octanol–water partition coefficient (Wildman–Crippen LogP) is 1.65. The lowest BCUT2D eigenvalue weighted by atomic mass is 10.2. The molecule has 0 aliphatic carbocycles. The van der Waals surface area contributed by atoms with Crippen molar-refractivity contribution in [1.82, 2.24) is 20.0 Å². The second kappa shape index (κ2) is 5.30. The van der Waals surface area contributed by atoms with E-state index >= 15 is 0 Å². The van der Waals surface area contributed by atoms with Gasteiger partial charge in [-0.3, -0.25) is 9.88 Å². The summed E-state index contributed by atoms with van der Waals surface area (Å²) in [7, 11) is 0. The van der Waals surface area contributed by atoms with Gasteiger partial charge in [0.15, 0.2) is 0 Å². The number of nitrogens with zero attached hydrogens (tertiary/aromatic N) is 4. The van der Waals surface area contributed by atoms with Crippen LogP contribution in [0.4, 0.5) is 0 Å². The second-order valence-electron chi connectivity index (χ2n) is 5.39. The fourth-order valence-corrected chi connectivity index (χ4v) is 2.63. The summed E-state index contributed by atoms with van der Waals surface area (Å²) in [5.41, 5.74) is 0.831. The van der Waals surface area contributed by atoms with E-state index in [9.17, 15) is 5.11 Å². The Morgan fingerprint density at radius 2 is 2.30 bits per heavy atom. The minimum absolute atomic E-state index is 0.0112. The monoisotopic (exact) mass is 274 g/mol. The Labute approximate surface area is 117 Å². The number of aromatic nitrogens is 3. The number of aliphatic hydroxyl groups is 1. The molecular weight excluding hydrogens is 256 g/mol. The van der Waals surface area contributed by atoms with Crippen LogP contribution in [-0.2, 0) is 0 Å². The van der Waals surface area contributed by atoms with Crippen molar-refractivity contribution in [3.05, 3.63) is 30.4 Å². The van der Waals surface area contributed by atoms with E-state index in [-0.39, 0.29) is 12.1 Å². The molecule has 2 aromatic heterocycles. The van der Waals surface area contributed by atoms with E-state index in [1.54, 1.807) is 12.4 Å². The highest BCUT2D eigenvalue weighted by Crippen LogP contribution is 2.33. The molecule has 2 aromatic rings. The van der Waals surface area contributed by atoms with Crippen LogP contribution in [0.1, 0.15) is 32.2 Å². The number of rotatable bonds is 3. The highest BCUT2D eigenvalue weighted by atomic mass is 16.5. The third-order valence-electron chi connectivity index (χ3n) is 3.63. The van der Waals surface area contributed by atoms with Crippen molar-refractivity contribution in [3.63, 3.8) is 0 Å². The first-order valence-electron chi connectivity index (χ1n) is 6.83. The Bertz CT molecular complexity index is 570. The Balaban J connectivity index is 1.86. The lowest BCUT2D eigenvalue weighted by Crippen LogP contribution is -2.31. The maximum atomic E-state index is 9.86. The Hall–Kier alpha value is -1.79. The number of likely N-dealkylation sites (tertiary alicyclic amines) is 1. The maximum Gasteiger partial charge on any atom is 0.244 e. The fourth-order valence-electron chi connectivity index (χ4n) is 2.63. The molecular formula is C14H18N4O2. The summed E-state index contributed by atoms with van der Waals surface area (Å²) in [4.78, 5) is 10.7. The van der Waals surface area contributed by atoms with Gasteiger partial charge in [0.1, 0.15) is 0 Å². The summed E-state index contributed by atoms with van der Waals surface area (Å²) in [6.07, 6.45) is 3.71. The van der Waals surface area contributed by atoms with Crippen molar-refractivity contribution >= 4 is 0 Å². The summed E-state index contributed by atoms with van der Waals surface area (Å²) in [6.45, 7) is 4.85. The Morgan fingerprint density at radius 1 is 1.45 bits per heavy atom. The van der Waals surface area contributed by atoms with Crippen LogP contribution in [0.15, 0.2) is 29.0 Å². The fraction of sp³-hybridized carbons (Fsp3) is 0.500. The largest absolute Gasteiger partial charge is 0.392 e. The van der Waals surface area contributed by atoms with Crippen LogP contribution in [-0.4, -0.2) is 43.8 Å². The molecule has 3 heterocycles. The van der Waals surface area contributed by atoms with Gasteiger partial charge in [-0.05, 0) is 32.4 Å². The second-order valence-corrected chi connectivity index (χ2v) is 5.39. The molecule has 6 nitrogen and oxygen atoms in total. The zero-order chi connectivity index (χ0) is 14.1. The molecule has 1 aliphatic rings. The summed E-state index contributed by atoms with van der Waals surface area (Å²) in [6, 6.07) is 4.05. The van der Waals surface area contributed by atoms with Crippen LogP contribution in [0.5, 0.6) is 0 Å². The number of aliphatic hydroxyl groups excluding tert-OH is 1. The molecule has 0 aromatic carbocycles. The van der Waals surface area contributed by atoms with E-state index in [0.29, 0.717) is 30.7 Å². The van der Waals surface area contributed by atoms with Gasteiger partial charge < -0.3 is 9.63 Å². The van der Waals surface area contributed by atoms with E-state index in [0.717, 1.165) is 5.56 Å². The third kappa shape index (κ3) is 2.44. The van der Waals surface area contributed by atoms with Gasteiger partial charge in [-0.15, -0.1) is 0 Å². The molecule has 0 spiro atoms. The van der Waals surface area contributed by atoms with Crippen molar-refractivity contribution in [2.45, 2.75) is 38.5 Å². The maximum absolute atomic E-state index is 9.86. The van der Waals surface area contributed by atoms with Crippen LogP contribution < -0.4 is 0 Å². The number of hydrogen-bond acceptors (Lipinski definition) is 6. The summed E-state index contributed by atoms with van der Waals surface area (Å²) >= 11 is 0. The lowest BCUT2D eigenvalue weighted by Gasteiger charge is -2.25. The first-order valence-corrected chi connectivity index (χ1v) is 6.83. The van der Waals surface area contributed by atoms with E-state index in [2.05, 4.69) is 33.9 Å². The quantitative estimate of drug-likeness (QED) is 0.917. The first-order chi connectivity index (χ1) is 9.65. The van der Waals surface area contributed by atoms with E-state index in [1.165, 1.54) is 0 Å². The van der Waals surface area contributed by atoms with Crippen molar-refractivity contribution < 1.29 is 9.63 Å². The molecule has 6 heteroatoms. The van der Waals surface area contributed by atoms with Gasteiger partial charge in [-0.1, -0.05) is 5.16 Å². The van der Waals surface area contributed by atoms with Crippen molar-refractivity contribution in [2.24, 2.45) is 0 Å². The highest BCUT2D eigenvalue weighted by Gasteiger charge is 2.37. The normalized spacial score (nSPS) is 23.6. The van der Waals surface area contributed by atoms with Crippen LogP contribution in [0.2, 0.25) is 0 Å². The van der Waals surface area contributed by atoms with Crippen molar-refractivity contribution in [2.75, 3.05) is 6.54 Å². The minimum Gasteiger partial charge on any atom is -0.392 e. The summed E-state index contributed by atoms with van der Waals surface area (Å²) in [5.74, 6) is 1.10. The Kier molecular flexibility index (Phi) is 3.50. The SMILES string of the molecule is CC(C)N1CC(O)CC1c1nc(-c2cccnc2)no1. The van der Waals surface area contributed by atoms with Crippen molar-refractivity contribution in [3.8, 4) is 11.4 Å². The first kappa shape index (κ1) is 13.2. The van der Waals surface area contributed by atoms with Crippen LogP contribution in [0.3, 0.4) is 0 Å². The average molecular weight is 274 g/mol. The zero-order valence-electron chi connectivity index (χ0n) is 11.6. The highest BCUT2D eigenvalue weighted by molar-refractivity contribution is 5.51. The molecule has 1 fully saturated rings. The predicted molar refractivity (Wildman–Crippen MR) is 72.7 cm³/mol. The molecule has 0 radical (unpaired) electrons. The minimum atomic E-state index is -0.337. The summed E-state index contributed by atoms with van der Waals surface area (Å²) in [5, 5.41) is 13.9. The smallest absolute Gasteiger partial charge is 0.244 e. The molecule has 20 heavy (non-hydrogen) atoms. The van der Waals surface area contributed by atoms with Gasteiger partial charge in [0.2, 0.25) is 11.7 Å². The van der Waals surface area contributed by atoms with Crippen molar-refractivity contribution in [1.29, 1.82) is 0 Å². The molecule has 2 atom stereocenters. The van der Waals surface area contributed by atoms with E-state index in [1.807, 2.05) is 12.1 Å². The van der Waals surface area contributed by atoms with Gasteiger partial charge in [0.25, 0.3) is 0 Å². The van der Waals surface area contributed by atoms with Crippen LogP contribution >= 0.6 is 0 Å². The third-order valence-corrected chi connectivity index (χ3v) is 3.63.